The summed E-state index contributed by atoms with van der Waals surface area (Å²) in [5.74, 6) is -0.0573. The minimum atomic E-state index is -4.96. The fourth-order valence-electron chi connectivity index (χ4n) is 9.47. The molecule has 17 nitrogen and oxygen atoms in total. The molecule has 0 rings (SSSR count). The van der Waals surface area contributed by atoms with E-state index >= 15 is 0 Å². The Balaban J connectivity index is 5.27. The van der Waals surface area contributed by atoms with Gasteiger partial charge in [0.05, 0.1) is 26.4 Å². The lowest BCUT2D eigenvalue weighted by Crippen LogP contribution is -2.30. The average molecular weight is 1270 g/mol. The van der Waals surface area contributed by atoms with Gasteiger partial charge < -0.3 is 33.8 Å². The Kier molecular flexibility index (Phi) is 56.0. The Hall–Kier alpha value is -2.46. The van der Waals surface area contributed by atoms with E-state index in [9.17, 15) is 43.2 Å². The molecule has 0 aliphatic rings. The maximum absolute atomic E-state index is 13.0. The van der Waals surface area contributed by atoms with Crippen molar-refractivity contribution in [1.29, 1.82) is 0 Å². The smallest absolute Gasteiger partial charge is 0.462 e. The van der Waals surface area contributed by atoms with Gasteiger partial charge in [0.15, 0.2) is 12.2 Å². The van der Waals surface area contributed by atoms with Crippen LogP contribution in [-0.4, -0.2) is 96.7 Å². The van der Waals surface area contributed by atoms with Gasteiger partial charge in [-0.25, -0.2) is 9.13 Å². The Morgan fingerprint density at radius 2 is 0.628 bits per heavy atom. The molecule has 19 heteroatoms. The summed E-state index contributed by atoms with van der Waals surface area (Å²) in [5, 5.41) is 10.5. The number of ether oxygens (including phenoxy) is 4. The summed E-state index contributed by atoms with van der Waals surface area (Å²) < 4.78 is 68.0. The van der Waals surface area contributed by atoms with Crippen LogP contribution in [0, 0.1) is 17.8 Å². The number of aliphatic hydroxyl groups excluding tert-OH is 1. The highest BCUT2D eigenvalue weighted by molar-refractivity contribution is 7.47. The lowest BCUT2D eigenvalue weighted by atomic mass is 10.0. The van der Waals surface area contributed by atoms with Gasteiger partial charge in [0.25, 0.3) is 0 Å². The third-order valence-electron chi connectivity index (χ3n) is 14.8. The highest BCUT2D eigenvalue weighted by atomic mass is 31.2. The van der Waals surface area contributed by atoms with Gasteiger partial charge in [-0.05, 0) is 69.1 Å². The van der Waals surface area contributed by atoms with Crippen molar-refractivity contribution < 1.29 is 80.2 Å². The van der Waals surface area contributed by atoms with Gasteiger partial charge in [-0.1, -0.05) is 253 Å². The molecule has 0 amide bonds. The van der Waals surface area contributed by atoms with Crippen LogP contribution in [0.2, 0.25) is 0 Å². The number of allylic oxidation sites excluding steroid dienone is 4. The number of carbonyl (C=O) groups is 4. The van der Waals surface area contributed by atoms with E-state index in [2.05, 4.69) is 72.8 Å². The summed E-state index contributed by atoms with van der Waals surface area (Å²) in [6.45, 7) is 11.6. The number of carbonyl (C=O) groups excluding carboxylic acids is 4. The maximum atomic E-state index is 13.0. The van der Waals surface area contributed by atoms with Gasteiger partial charge in [0, 0.05) is 25.7 Å². The molecule has 0 radical (unpaired) electrons. The minimum absolute atomic E-state index is 0.0969. The molecule has 0 aromatic heterocycles. The number of esters is 4. The van der Waals surface area contributed by atoms with Crippen LogP contribution in [0.1, 0.15) is 305 Å². The van der Waals surface area contributed by atoms with Gasteiger partial charge >= 0.3 is 39.5 Å². The first-order valence-corrected chi connectivity index (χ1v) is 37.2. The van der Waals surface area contributed by atoms with Crippen LogP contribution in [0.4, 0.5) is 0 Å². The van der Waals surface area contributed by atoms with Crippen molar-refractivity contribution in [3.05, 3.63) is 24.3 Å². The normalized spacial score (nSPS) is 14.5. The van der Waals surface area contributed by atoms with E-state index in [0.29, 0.717) is 37.5 Å². The fourth-order valence-corrected chi connectivity index (χ4v) is 11.0. The summed E-state index contributed by atoms with van der Waals surface area (Å²) >= 11 is 0. The van der Waals surface area contributed by atoms with Crippen LogP contribution in [0.5, 0.6) is 0 Å². The van der Waals surface area contributed by atoms with E-state index in [4.69, 9.17) is 37.0 Å². The molecule has 5 atom stereocenters. The molecule has 0 aliphatic carbocycles. The quantitative estimate of drug-likeness (QED) is 0.0169. The van der Waals surface area contributed by atoms with E-state index < -0.39 is 97.5 Å². The zero-order chi connectivity index (χ0) is 63.8. The van der Waals surface area contributed by atoms with Crippen molar-refractivity contribution >= 4 is 39.5 Å². The Morgan fingerprint density at radius 3 is 0.942 bits per heavy atom. The molecule has 0 aromatic carbocycles. The lowest BCUT2D eigenvalue weighted by molar-refractivity contribution is -0.161. The van der Waals surface area contributed by atoms with E-state index in [1.54, 1.807) is 0 Å². The van der Waals surface area contributed by atoms with Gasteiger partial charge in [0.1, 0.15) is 19.3 Å². The first-order chi connectivity index (χ1) is 41.2. The Bertz CT molecular complexity index is 1790. The van der Waals surface area contributed by atoms with Crippen molar-refractivity contribution in [3.8, 4) is 0 Å². The zero-order valence-electron chi connectivity index (χ0n) is 55.3. The topological polar surface area (TPSA) is 237 Å². The number of hydrogen-bond acceptors (Lipinski definition) is 15. The second-order valence-corrected chi connectivity index (χ2v) is 27.9. The monoisotopic (exact) mass is 1260 g/mol. The van der Waals surface area contributed by atoms with Crippen LogP contribution in [0.15, 0.2) is 24.3 Å². The van der Waals surface area contributed by atoms with Crippen molar-refractivity contribution in [3.63, 3.8) is 0 Å². The van der Waals surface area contributed by atoms with E-state index in [1.807, 2.05) is 0 Å². The minimum Gasteiger partial charge on any atom is -0.462 e. The summed E-state index contributed by atoms with van der Waals surface area (Å²) in [4.78, 5) is 72.3. The summed E-state index contributed by atoms with van der Waals surface area (Å²) in [5.41, 5.74) is 0. The SMILES string of the molecule is CCCCCC/C=C\C=C/CCCCCCCC(=O)OC[C@H](COP(=O)(O)OC[C@@H](O)COP(=O)(O)OC[C@@H](COC(=O)CCCCCCCCC(C)C)OC(=O)CCCCCCCCCCC(C)C)OC(=O)CCCCCCCCCCC(C)C. The van der Waals surface area contributed by atoms with E-state index in [0.717, 1.165) is 121 Å². The van der Waals surface area contributed by atoms with Gasteiger partial charge in [-0.2, -0.15) is 0 Å². The number of phosphoric acid groups is 2. The molecule has 0 aromatic rings. The number of aliphatic hydroxyl groups is 1. The zero-order valence-corrected chi connectivity index (χ0v) is 57.0. The molecule has 0 spiro atoms. The summed E-state index contributed by atoms with van der Waals surface area (Å²) in [7, 11) is -9.90. The molecule has 0 bridgehead atoms. The van der Waals surface area contributed by atoms with Crippen LogP contribution < -0.4 is 0 Å². The molecule has 2 unspecified atom stereocenters. The number of unbranched alkanes of at least 4 members (excludes halogenated alkanes) is 28. The first-order valence-electron chi connectivity index (χ1n) is 34.2. The lowest BCUT2D eigenvalue weighted by Gasteiger charge is -2.21. The average Bonchev–Trinajstić information content (AvgIpc) is 3.67. The van der Waals surface area contributed by atoms with Crippen LogP contribution in [0.25, 0.3) is 0 Å². The van der Waals surface area contributed by atoms with Crippen molar-refractivity contribution in [2.75, 3.05) is 39.6 Å². The van der Waals surface area contributed by atoms with Crippen LogP contribution in [-0.2, 0) is 65.4 Å². The fraction of sp³-hybridized carbons (Fsp3) is 0.881. The third kappa shape index (κ3) is 60.5. The van der Waals surface area contributed by atoms with Crippen molar-refractivity contribution in [2.45, 2.75) is 324 Å². The summed E-state index contributed by atoms with van der Waals surface area (Å²) in [6, 6.07) is 0. The number of hydrogen-bond donors (Lipinski definition) is 3. The standard InChI is InChI=1S/C67H126O17P2/c1-8-9-10-11-12-13-14-15-16-17-18-19-26-34-41-48-64(69)77-54-62(83-66(71)50-43-36-27-22-20-24-31-38-45-58(2)3)56-81-85(73,74)79-52-61(68)53-80-86(75,76)82-57-63(55-78-65(70)49-42-35-30-29-33-40-47-60(6)7)84-67(72)51-44-37-28-23-21-25-32-39-46-59(4)5/h13-16,58-63,68H,8-12,17-57H2,1-7H3,(H,73,74)(H,75,76)/b14-13-,16-15-/t61-,62-,63-/m1/s1. The second kappa shape index (κ2) is 57.7. The van der Waals surface area contributed by atoms with Crippen molar-refractivity contribution in [1.82, 2.24) is 0 Å². The summed E-state index contributed by atoms with van der Waals surface area (Å²) in [6.07, 6.45) is 42.8. The van der Waals surface area contributed by atoms with Gasteiger partial charge in [0.2, 0.25) is 0 Å². The molecule has 3 N–H and O–H groups in total. The molecule has 0 aliphatic heterocycles. The Labute approximate surface area is 522 Å². The third-order valence-corrected chi connectivity index (χ3v) is 16.7. The first kappa shape index (κ1) is 83.5. The molecule has 0 heterocycles. The molecule has 506 valence electrons. The molecule has 0 saturated carbocycles. The molecule has 0 saturated heterocycles. The highest BCUT2D eigenvalue weighted by Crippen LogP contribution is 2.45. The van der Waals surface area contributed by atoms with E-state index in [1.165, 1.54) is 89.9 Å². The second-order valence-electron chi connectivity index (χ2n) is 25.0. The molecular weight excluding hydrogens is 1140 g/mol. The van der Waals surface area contributed by atoms with Gasteiger partial charge in [-0.15, -0.1) is 0 Å². The van der Waals surface area contributed by atoms with Crippen LogP contribution in [0.3, 0.4) is 0 Å². The van der Waals surface area contributed by atoms with Crippen LogP contribution >= 0.6 is 15.6 Å². The number of phosphoric ester groups is 2. The van der Waals surface area contributed by atoms with Crippen molar-refractivity contribution in [2.24, 2.45) is 17.8 Å². The predicted octanol–water partition coefficient (Wildman–Crippen LogP) is 18.2. The van der Waals surface area contributed by atoms with E-state index in [-0.39, 0.29) is 25.7 Å². The number of rotatable bonds is 63. The van der Waals surface area contributed by atoms with Gasteiger partial charge in [-0.3, -0.25) is 37.3 Å². The Morgan fingerprint density at radius 1 is 0.360 bits per heavy atom. The predicted molar refractivity (Wildman–Crippen MR) is 344 cm³/mol. The largest absolute Gasteiger partial charge is 0.472 e. The molecule has 0 fully saturated rings. The molecule has 86 heavy (non-hydrogen) atoms. The molecular formula is C67H126O17P2. The maximum Gasteiger partial charge on any atom is 0.472 e. The highest BCUT2D eigenvalue weighted by Gasteiger charge is 2.30.